The van der Waals surface area contributed by atoms with Crippen LogP contribution in [0.5, 0.6) is 0 Å². The third kappa shape index (κ3) is 3.22. The third-order valence-corrected chi connectivity index (χ3v) is 0.583. The zero-order chi connectivity index (χ0) is 10.2. The molecule has 0 rings (SSSR count). The smallest absolute Gasteiger partial charge is 0.219 e. The van der Waals surface area contributed by atoms with Gasteiger partial charge in [-0.25, -0.2) is 4.74 Å². The van der Waals surface area contributed by atoms with E-state index in [1.54, 1.807) is 4.74 Å². The fourth-order valence-corrected chi connectivity index (χ4v) is 0.205. The molecule has 1 radical (unpaired) electrons. The lowest BCUT2D eigenvalue weighted by Crippen LogP contribution is -2.45. The Kier molecular flexibility index (Phi) is 2.60. The zero-order valence-electron chi connectivity index (χ0n) is 4.96. The molecule has 73 valence electrons. The summed E-state index contributed by atoms with van der Waals surface area (Å²) >= 11 is 0. The molecule has 0 aliphatic heterocycles. The van der Waals surface area contributed by atoms with Gasteiger partial charge in [0.1, 0.15) is 0 Å². The Labute approximate surface area is 60.5 Å². The fourth-order valence-electron chi connectivity index (χ4n) is 0.205. The Balaban J connectivity index is 4.44. The van der Waals surface area contributed by atoms with Crippen molar-refractivity contribution in [1.29, 1.82) is 0 Å². The maximum atomic E-state index is 11.4. The minimum Gasteiger partial charge on any atom is -0.219 e. The molecule has 0 saturated carbocycles. The molecule has 9 heteroatoms. The summed E-state index contributed by atoms with van der Waals surface area (Å²) in [6.07, 6.45) is -18.2. The Hall–Kier alpha value is -0.570. The molecule has 12 heavy (non-hydrogen) atoms. The molecule has 0 bridgehead atoms. The summed E-state index contributed by atoms with van der Waals surface area (Å²) < 4.78 is 79.4. The number of alkyl halides is 7. The van der Waals surface area contributed by atoms with Crippen molar-refractivity contribution >= 4 is 0 Å². The van der Waals surface area contributed by atoms with Crippen LogP contribution in [-0.4, -0.2) is 18.6 Å². The average molecular weight is 201 g/mol. The fraction of sp³-hybridized carbons (Fsp3) is 1.00. The van der Waals surface area contributed by atoms with Gasteiger partial charge in [-0.2, -0.15) is 17.6 Å². The molecule has 0 aromatic carbocycles. The van der Waals surface area contributed by atoms with E-state index in [0.717, 1.165) is 0 Å². The van der Waals surface area contributed by atoms with Crippen molar-refractivity contribution in [2.45, 2.75) is 18.6 Å². The maximum absolute atomic E-state index is 11.4. The van der Waals surface area contributed by atoms with Crippen LogP contribution in [0.25, 0.3) is 0 Å². The number of halogens is 7. The van der Waals surface area contributed by atoms with Crippen molar-refractivity contribution in [3.63, 3.8) is 0 Å². The number of hydrogen-bond acceptors (Lipinski definition) is 1. The molecule has 0 saturated heterocycles. The first-order chi connectivity index (χ1) is 4.96. The van der Waals surface area contributed by atoms with Crippen LogP contribution in [0.3, 0.4) is 0 Å². The molecular formula is C3F7O2. The van der Waals surface area contributed by atoms with Crippen molar-refractivity contribution in [1.82, 2.24) is 0 Å². The normalized spacial score (nSPS) is 15.0. The van der Waals surface area contributed by atoms with Crippen LogP contribution < -0.4 is 0 Å². The highest BCUT2D eigenvalue weighted by molar-refractivity contribution is 4.63. The largest absolute Gasteiger partial charge is 0.527 e. The van der Waals surface area contributed by atoms with Crippen LogP contribution in [0.4, 0.5) is 30.7 Å². The predicted octanol–water partition coefficient (Wildman–Crippen LogP) is 2.14. The first kappa shape index (κ1) is 11.4. The van der Waals surface area contributed by atoms with Crippen LogP contribution in [0.15, 0.2) is 0 Å². The molecule has 0 atom stereocenters. The van der Waals surface area contributed by atoms with Gasteiger partial charge >= 0.3 is 18.6 Å². The molecular weight excluding hydrogens is 201 g/mol. The third-order valence-electron chi connectivity index (χ3n) is 0.583. The molecule has 0 spiro atoms. The summed E-state index contributed by atoms with van der Waals surface area (Å²) in [6.45, 7) is 0. The van der Waals surface area contributed by atoms with Crippen LogP contribution >= 0.6 is 0 Å². The van der Waals surface area contributed by atoms with Gasteiger partial charge in [0.25, 0.3) is 0 Å². The van der Waals surface area contributed by atoms with Crippen LogP contribution in [0.2, 0.25) is 0 Å². The Morgan fingerprint density at radius 1 is 0.833 bits per heavy atom. The highest BCUT2D eigenvalue weighted by atomic mass is 19.4. The zero-order valence-corrected chi connectivity index (χ0v) is 4.96. The second-order valence-electron chi connectivity index (χ2n) is 1.58. The predicted molar refractivity (Wildman–Crippen MR) is 17.7 cm³/mol. The van der Waals surface area contributed by atoms with Gasteiger partial charge in [0.05, 0.1) is 0 Å². The minimum absolute atomic E-state index is 1.59. The van der Waals surface area contributed by atoms with Crippen molar-refractivity contribution in [3.8, 4) is 0 Å². The van der Waals surface area contributed by atoms with Crippen molar-refractivity contribution in [2.75, 3.05) is 0 Å². The first-order valence-corrected chi connectivity index (χ1v) is 2.19. The lowest BCUT2D eigenvalue weighted by Gasteiger charge is -2.20. The average Bonchev–Trinajstić information content (AvgIpc) is 1.52. The van der Waals surface area contributed by atoms with Gasteiger partial charge in [-0.15, -0.1) is 18.3 Å². The summed E-state index contributed by atoms with van der Waals surface area (Å²) in [5, 5.41) is 9.09. The summed E-state index contributed by atoms with van der Waals surface area (Å²) in [5.74, 6) is 0. The topological polar surface area (TPSA) is 29.1 Å². The molecule has 2 nitrogen and oxygen atoms in total. The van der Waals surface area contributed by atoms with Gasteiger partial charge in [-0.05, 0) is 0 Å². The maximum Gasteiger partial charge on any atom is 0.527 e. The molecule has 0 aromatic heterocycles. The molecule has 0 aliphatic rings. The number of rotatable bonds is 2. The summed E-state index contributed by atoms with van der Waals surface area (Å²) in [5.41, 5.74) is 0. The van der Waals surface area contributed by atoms with E-state index in [0.29, 0.717) is 0 Å². The van der Waals surface area contributed by atoms with E-state index in [1.165, 1.54) is 0 Å². The minimum atomic E-state index is -6.12. The van der Waals surface area contributed by atoms with E-state index in [-0.39, 0.29) is 0 Å². The van der Waals surface area contributed by atoms with Gasteiger partial charge in [0.15, 0.2) is 0 Å². The van der Waals surface area contributed by atoms with E-state index in [1.807, 2.05) is 0 Å². The molecule has 0 fully saturated rings. The summed E-state index contributed by atoms with van der Waals surface area (Å²) in [6, 6.07) is 0. The highest BCUT2D eigenvalue weighted by Gasteiger charge is 2.64. The molecule has 0 amide bonds. The molecule has 0 aromatic rings. The van der Waals surface area contributed by atoms with Gasteiger partial charge < -0.3 is 0 Å². The molecule has 0 N–H and O–H groups in total. The van der Waals surface area contributed by atoms with E-state index < -0.39 is 18.6 Å². The second kappa shape index (κ2) is 2.73. The van der Waals surface area contributed by atoms with E-state index in [2.05, 4.69) is 0 Å². The Morgan fingerprint density at radius 3 is 1.25 bits per heavy atom. The lowest BCUT2D eigenvalue weighted by molar-refractivity contribution is -0.508. The Morgan fingerprint density at radius 2 is 1.17 bits per heavy atom. The summed E-state index contributed by atoms with van der Waals surface area (Å²) in [7, 11) is 0. The van der Waals surface area contributed by atoms with Gasteiger partial charge in [0.2, 0.25) is 0 Å². The molecule has 0 heterocycles. The Bertz CT molecular complexity index is 155. The SMILES string of the molecule is [O]C(F)(F)C(F)(F)OC(F)(F)F. The van der Waals surface area contributed by atoms with E-state index >= 15 is 0 Å². The van der Waals surface area contributed by atoms with Crippen LogP contribution in [0, 0.1) is 0 Å². The van der Waals surface area contributed by atoms with E-state index in [9.17, 15) is 30.7 Å². The first-order valence-electron chi connectivity index (χ1n) is 2.19. The lowest BCUT2D eigenvalue weighted by atomic mass is 10.6. The van der Waals surface area contributed by atoms with Crippen molar-refractivity contribution < 1.29 is 40.6 Å². The van der Waals surface area contributed by atoms with Gasteiger partial charge in [-0.1, -0.05) is 0 Å². The molecule has 0 unspecified atom stereocenters. The number of hydrogen-bond donors (Lipinski definition) is 0. The highest BCUT2D eigenvalue weighted by Crippen LogP contribution is 2.38. The van der Waals surface area contributed by atoms with Gasteiger partial charge in [-0.3, -0.25) is 0 Å². The van der Waals surface area contributed by atoms with Crippen molar-refractivity contribution in [3.05, 3.63) is 0 Å². The van der Waals surface area contributed by atoms with E-state index in [4.69, 9.17) is 5.11 Å². The summed E-state index contributed by atoms with van der Waals surface area (Å²) in [4.78, 5) is 0. The monoisotopic (exact) mass is 201 g/mol. The second-order valence-corrected chi connectivity index (χ2v) is 1.58. The quantitative estimate of drug-likeness (QED) is 0.629. The molecule has 0 aliphatic carbocycles. The van der Waals surface area contributed by atoms with Crippen molar-refractivity contribution in [2.24, 2.45) is 0 Å². The van der Waals surface area contributed by atoms with Crippen LogP contribution in [-0.2, 0) is 9.84 Å². The van der Waals surface area contributed by atoms with Crippen LogP contribution in [0.1, 0.15) is 0 Å². The van der Waals surface area contributed by atoms with Gasteiger partial charge in [0, 0.05) is 0 Å². The standard InChI is InChI=1S/C3F7O2/c4-1(5,11)2(6,7)12-3(8,9)10. The number of ether oxygens (including phenoxy) is 1.